The molecule has 4 N–H and O–H groups in total. The van der Waals surface area contributed by atoms with E-state index in [9.17, 15) is 19.2 Å². The van der Waals surface area contributed by atoms with E-state index in [1.165, 1.54) is 16.3 Å². The van der Waals surface area contributed by atoms with E-state index in [1.54, 1.807) is 58.3 Å². The summed E-state index contributed by atoms with van der Waals surface area (Å²) in [4.78, 5) is 61.4. The number of hydrogen-bond acceptors (Lipinski definition) is 8. The Kier molecular flexibility index (Phi) is 9.36. The van der Waals surface area contributed by atoms with Gasteiger partial charge >= 0.3 is 6.03 Å². The molecular formula is C34H38N8O4S. The van der Waals surface area contributed by atoms with Crippen molar-refractivity contribution in [3.8, 4) is 0 Å². The zero-order chi connectivity index (χ0) is 33.1. The van der Waals surface area contributed by atoms with Gasteiger partial charge in [0.05, 0.1) is 23.3 Å². The number of rotatable bonds is 10. The first-order valence-corrected chi connectivity index (χ1v) is 16.5. The normalized spacial score (nSPS) is 18.0. The number of anilines is 2. The van der Waals surface area contributed by atoms with Crippen molar-refractivity contribution >= 4 is 56.1 Å². The van der Waals surface area contributed by atoms with Crippen LogP contribution < -0.4 is 16.4 Å². The van der Waals surface area contributed by atoms with Crippen LogP contribution in [0, 0.1) is 0 Å². The molecule has 47 heavy (non-hydrogen) atoms. The maximum absolute atomic E-state index is 14.2. The van der Waals surface area contributed by atoms with Gasteiger partial charge in [-0.05, 0) is 47.9 Å². The standard InChI is InChI=1S/C34H38N8O4S/c1-3-4-17-36-34(46)39(2)41-21-29(43)42-26(18-22-13-15-25(16-14-22)37-31(44)23-9-6-5-7-10-23)32(45)40(20-28(41)42)19-24-11-8-12-27-30(24)38-33(35)47-27/h5-16,26,28H,3-4,17-21H2,1-2H3,(H2,35,38)(H,36,46)(H,37,44)/t26-,28+/m0/s1. The average molecular weight is 655 g/mol. The van der Waals surface area contributed by atoms with E-state index in [1.807, 2.05) is 36.4 Å². The van der Waals surface area contributed by atoms with E-state index in [0.29, 0.717) is 22.9 Å². The molecule has 0 radical (unpaired) electrons. The quantitative estimate of drug-likeness (QED) is 0.220. The average Bonchev–Trinajstić information content (AvgIpc) is 3.62. The van der Waals surface area contributed by atoms with E-state index in [2.05, 4.69) is 22.5 Å². The number of aromatic nitrogens is 1. The molecule has 13 heteroatoms. The van der Waals surface area contributed by atoms with Crippen molar-refractivity contribution in [2.45, 2.75) is 44.9 Å². The molecular weight excluding hydrogens is 616 g/mol. The molecule has 0 saturated carbocycles. The van der Waals surface area contributed by atoms with Gasteiger partial charge in [-0.25, -0.2) is 9.78 Å². The Balaban J connectivity index is 1.26. The molecule has 3 heterocycles. The number of urea groups is 1. The second kappa shape index (κ2) is 13.8. The van der Waals surface area contributed by atoms with Gasteiger partial charge < -0.3 is 26.2 Å². The number of benzene rings is 3. The molecule has 5 amide bonds. The Morgan fingerprint density at radius 3 is 2.55 bits per heavy atom. The van der Waals surface area contributed by atoms with Gasteiger partial charge in [0, 0.05) is 37.8 Å². The van der Waals surface area contributed by atoms with Crippen LogP contribution in [-0.4, -0.2) is 87.4 Å². The second-order valence-electron chi connectivity index (χ2n) is 11.8. The highest BCUT2D eigenvalue weighted by Crippen LogP contribution is 2.32. The predicted octanol–water partition coefficient (Wildman–Crippen LogP) is 3.91. The third-order valence-corrected chi connectivity index (χ3v) is 9.46. The van der Waals surface area contributed by atoms with Crippen LogP contribution in [0.25, 0.3) is 10.2 Å². The lowest BCUT2D eigenvalue weighted by Gasteiger charge is -2.45. The van der Waals surface area contributed by atoms with E-state index in [-0.39, 0.29) is 49.8 Å². The number of nitrogens with one attached hydrogen (secondary N) is 2. The lowest BCUT2D eigenvalue weighted by molar-refractivity contribution is -0.157. The number of nitrogen functional groups attached to an aromatic ring is 1. The molecule has 2 aliphatic heterocycles. The van der Waals surface area contributed by atoms with Crippen LogP contribution in [0.2, 0.25) is 0 Å². The summed E-state index contributed by atoms with van der Waals surface area (Å²) >= 11 is 1.39. The fraction of sp³-hybridized carbons (Fsp3) is 0.324. The lowest BCUT2D eigenvalue weighted by atomic mass is 9.99. The van der Waals surface area contributed by atoms with E-state index in [4.69, 9.17) is 5.73 Å². The Bertz CT molecular complexity index is 1780. The monoisotopic (exact) mass is 654 g/mol. The smallest absolute Gasteiger partial charge is 0.331 e. The zero-order valence-corrected chi connectivity index (χ0v) is 27.2. The Hall–Kier alpha value is -5.01. The second-order valence-corrected chi connectivity index (χ2v) is 12.8. The Labute approximate surface area is 277 Å². The molecule has 0 aliphatic carbocycles. The van der Waals surface area contributed by atoms with Gasteiger partial charge in [-0.1, -0.05) is 67.1 Å². The third kappa shape index (κ3) is 6.76. The summed E-state index contributed by atoms with van der Waals surface area (Å²) < 4.78 is 0.934. The van der Waals surface area contributed by atoms with Gasteiger partial charge in [-0.2, -0.15) is 5.01 Å². The molecule has 1 aromatic heterocycles. The fourth-order valence-electron chi connectivity index (χ4n) is 6.15. The van der Waals surface area contributed by atoms with Crippen molar-refractivity contribution in [3.63, 3.8) is 0 Å². The van der Waals surface area contributed by atoms with Crippen LogP contribution in [0.15, 0.2) is 72.8 Å². The summed E-state index contributed by atoms with van der Waals surface area (Å²) in [6.07, 6.45) is 1.51. The molecule has 4 aromatic rings. The molecule has 0 unspecified atom stereocenters. The molecule has 6 rings (SSSR count). The number of hydrazine groups is 1. The van der Waals surface area contributed by atoms with Crippen molar-refractivity contribution in [2.75, 3.05) is 37.7 Å². The number of para-hydroxylation sites is 1. The van der Waals surface area contributed by atoms with E-state index < -0.39 is 12.2 Å². The van der Waals surface area contributed by atoms with Crippen LogP contribution >= 0.6 is 11.3 Å². The maximum atomic E-state index is 14.2. The first-order valence-electron chi connectivity index (χ1n) is 15.7. The number of nitrogens with zero attached hydrogens (tertiary/aromatic N) is 5. The topological polar surface area (TPSA) is 144 Å². The van der Waals surface area contributed by atoms with Crippen LogP contribution in [-0.2, 0) is 22.6 Å². The molecule has 2 saturated heterocycles. The van der Waals surface area contributed by atoms with Gasteiger partial charge in [-0.3, -0.25) is 19.4 Å². The van der Waals surface area contributed by atoms with Gasteiger partial charge in [0.15, 0.2) is 5.13 Å². The number of fused-ring (bicyclic) bond motifs is 2. The van der Waals surface area contributed by atoms with Gasteiger partial charge in [0.25, 0.3) is 5.91 Å². The summed E-state index contributed by atoms with van der Waals surface area (Å²) in [6, 6.07) is 20.9. The first-order chi connectivity index (χ1) is 22.7. The summed E-state index contributed by atoms with van der Waals surface area (Å²) in [5.41, 5.74) is 9.61. The fourth-order valence-corrected chi connectivity index (χ4v) is 6.93. The highest BCUT2D eigenvalue weighted by Gasteiger charge is 2.51. The maximum Gasteiger partial charge on any atom is 0.331 e. The Morgan fingerprint density at radius 2 is 1.81 bits per heavy atom. The number of carbonyl (C=O) groups is 4. The van der Waals surface area contributed by atoms with Gasteiger partial charge in [0.2, 0.25) is 11.8 Å². The van der Waals surface area contributed by atoms with E-state index >= 15 is 0 Å². The molecule has 2 aliphatic rings. The number of thiazole rings is 1. The molecule has 0 spiro atoms. The zero-order valence-electron chi connectivity index (χ0n) is 26.4. The SMILES string of the molecule is CCCCNC(=O)N(C)N1CC(=O)N2[C@@H](Cc3ccc(NC(=O)c4ccccc4)cc3)C(=O)N(Cc3cccc4sc(N)nc34)C[C@@H]21. The molecule has 12 nitrogen and oxygen atoms in total. The number of carbonyl (C=O) groups excluding carboxylic acids is 4. The van der Waals surface area contributed by atoms with Crippen molar-refractivity contribution in [3.05, 3.63) is 89.5 Å². The lowest BCUT2D eigenvalue weighted by Crippen LogP contribution is -2.65. The highest BCUT2D eigenvalue weighted by atomic mass is 32.1. The van der Waals surface area contributed by atoms with Crippen LogP contribution in [0.3, 0.4) is 0 Å². The summed E-state index contributed by atoms with van der Waals surface area (Å²) in [5, 5.41) is 9.46. The van der Waals surface area contributed by atoms with Gasteiger partial charge in [0.1, 0.15) is 12.2 Å². The number of unbranched alkanes of at least 4 members (excludes halogenated alkanes) is 1. The summed E-state index contributed by atoms with van der Waals surface area (Å²) in [5.74, 6) is -0.628. The third-order valence-electron chi connectivity index (χ3n) is 8.61. The minimum atomic E-state index is -0.799. The predicted molar refractivity (Wildman–Crippen MR) is 181 cm³/mol. The number of nitrogens with two attached hydrogens (primary N) is 1. The molecule has 2 atom stereocenters. The van der Waals surface area contributed by atoms with Gasteiger partial charge in [-0.15, -0.1) is 0 Å². The highest BCUT2D eigenvalue weighted by molar-refractivity contribution is 7.22. The van der Waals surface area contributed by atoms with Crippen molar-refractivity contribution in [1.29, 1.82) is 0 Å². The minimum Gasteiger partial charge on any atom is -0.375 e. The van der Waals surface area contributed by atoms with Crippen molar-refractivity contribution in [2.24, 2.45) is 0 Å². The minimum absolute atomic E-state index is 0.0252. The molecule has 244 valence electrons. The largest absolute Gasteiger partial charge is 0.375 e. The summed E-state index contributed by atoms with van der Waals surface area (Å²) in [7, 11) is 1.65. The van der Waals surface area contributed by atoms with E-state index in [0.717, 1.165) is 34.2 Å². The molecule has 2 fully saturated rings. The number of amides is 5. The summed E-state index contributed by atoms with van der Waals surface area (Å²) in [6.45, 7) is 3.05. The number of piperazine rings is 1. The number of hydrogen-bond donors (Lipinski definition) is 3. The van der Waals surface area contributed by atoms with Crippen LogP contribution in [0.4, 0.5) is 15.6 Å². The Morgan fingerprint density at radius 1 is 1.04 bits per heavy atom. The van der Waals surface area contributed by atoms with Crippen LogP contribution in [0.5, 0.6) is 0 Å². The van der Waals surface area contributed by atoms with Crippen molar-refractivity contribution in [1.82, 2.24) is 30.1 Å². The first kappa shape index (κ1) is 32.0. The van der Waals surface area contributed by atoms with Crippen LogP contribution in [0.1, 0.15) is 41.3 Å². The molecule has 0 bridgehead atoms. The van der Waals surface area contributed by atoms with Crippen molar-refractivity contribution < 1.29 is 19.2 Å². The molecule has 3 aromatic carbocycles.